The van der Waals surface area contributed by atoms with Gasteiger partial charge in [0.15, 0.2) is 0 Å². The summed E-state index contributed by atoms with van der Waals surface area (Å²) < 4.78 is 0. The van der Waals surface area contributed by atoms with Gasteiger partial charge in [-0.2, -0.15) is 0 Å². The fourth-order valence-corrected chi connectivity index (χ4v) is 3.53. The predicted molar refractivity (Wildman–Crippen MR) is 105 cm³/mol. The number of hydrogen-bond donors (Lipinski definition) is 1. The van der Waals surface area contributed by atoms with Gasteiger partial charge in [0, 0.05) is 5.56 Å². The molecular formula is C21H22N2O2S. The van der Waals surface area contributed by atoms with Crippen molar-refractivity contribution in [1.82, 2.24) is 10.5 Å². The number of thiazole rings is 1. The number of benzene rings is 2. The van der Waals surface area contributed by atoms with Crippen molar-refractivity contribution in [2.75, 3.05) is 0 Å². The fraction of sp³-hybridized carbons (Fsp3) is 0.238. The molecule has 134 valence electrons. The Morgan fingerprint density at radius 3 is 2.35 bits per heavy atom. The van der Waals surface area contributed by atoms with Gasteiger partial charge in [-0.05, 0) is 26.3 Å². The first kappa shape index (κ1) is 18.3. The lowest BCUT2D eigenvalue weighted by Crippen LogP contribution is -2.39. The van der Waals surface area contributed by atoms with Gasteiger partial charge in [0.05, 0.1) is 16.0 Å². The van der Waals surface area contributed by atoms with E-state index in [1.807, 2.05) is 81.4 Å². The third-order valence-corrected chi connectivity index (χ3v) is 5.52. The molecule has 1 aromatic heterocycles. The number of rotatable bonds is 6. The normalized spacial score (nSPS) is 11.3. The van der Waals surface area contributed by atoms with Crippen LogP contribution in [-0.4, -0.2) is 10.9 Å². The zero-order valence-corrected chi connectivity index (χ0v) is 16.0. The molecule has 0 aliphatic heterocycles. The molecule has 1 amide bonds. The highest BCUT2D eigenvalue weighted by atomic mass is 32.1. The SMILES string of the molecule is Cc1nc(-c2ccccc2)sc1CONC(=O)C(C)(C)c1ccccc1. The molecular weight excluding hydrogens is 344 g/mol. The van der Waals surface area contributed by atoms with Crippen LogP contribution in [-0.2, 0) is 21.7 Å². The molecule has 0 aliphatic carbocycles. The Bertz CT molecular complexity index is 874. The van der Waals surface area contributed by atoms with Gasteiger partial charge in [0.2, 0.25) is 0 Å². The summed E-state index contributed by atoms with van der Waals surface area (Å²) in [6, 6.07) is 19.7. The van der Waals surface area contributed by atoms with Crippen LogP contribution in [0.5, 0.6) is 0 Å². The molecule has 1 N–H and O–H groups in total. The van der Waals surface area contributed by atoms with E-state index < -0.39 is 5.41 Å². The second kappa shape index (κ2) is 7.81. The summed E-state index contributed by atoms with van der Waals surface area (Å²) in [5.74, 6) is -0.172. The monoisotopic (exact) mass is 366 g/mol. The third kappa shape index (κ3) is 4.00. The summed E-state index contributed by atoms with van der Waals surface area (Å²) >= 11 is 1.58. The maximum absolute atomic E-state index is 12.5. The van der Waals surface area contributed by atoms with E-state index in [1.165, 1.54) is 0 Å². The Morgan fingerprint density at radius 2 is 1.69 bits per heavy atom. The minimum Gasteiger partial charge on any atom is -0.272 e. The molecule has 26 heavy (non-hydrogen) atoms. The van der Waals surface area contributed by atoms with Gasteiger partial charge in [0.25, 0.3) is 5.91 Å². The molecule has 0 spiro atoms. The zero-order chi connectivity index (χ0) is 18.6. The molecule has 5 heteroatoms. The van der Waals surface area contributed by atoms with Crippen molar-refractivity contribution in [3.8, 4) is 10.6 Å². The van der Waals surface area contributed by atoms with Crippen LogP contribution < -0.4 is 5.48 Å². The maximum atomic E-state index is 12.5. The second-order valence-electron chi connectivity index (χ2n) is 6.60. The van der Waals surface area contributed by atoms with Crippen LogP contribution in [0, 0.1) is 6.92 Å². The van der Waals surface area contributed by atoms with Gasteiger partial charge in [0.1, 0.15) is 11.6 Å². The number of aromatic nitrogens is 1. The first-order chi connectivity index (χ1) is 12.5. The molecule has 1 heterocycles. The maximum Gasteiger partial charge on any atom is 0.253 e. The standard InChI is InChI=1S/C21H22N2O2S/c1-15-18(26-19(22-15)16-10-6-4-7-11-16)14-25-23-20(24)21(2,3)17-12-8-5-9-13-17/h4-13H,14H2,1-3H3,(H,23,24). The number of hydroxylamine groups is 1. The molecule has 0 fully saturated rings. The molecule has 0 saturated carbocycles. The van der Waals surface area contributed by atoms with Gasteiger partial charge >= 0.3 is 0 Å². The molecule has 4 nitrogen and oxygen atoms in total. The summed E-state index contributed by atoms with van der Waals surface area (Å²) in [5, 5.41) is 0.956. The third-order valence-electron chi connectivity index (χ3n) is 4.34. The van der Waals surface area contributed by atoms with Crippen LogP contribution >= 0.6 is 11.3 Å². The summed E-state index contributed by atoms with van der Waals surface area (Å²) in [6.45, 7) is 6.02. The number of aryl methyl sites for hydroxylation is 1. The average Bonchev–Trinajstić information content (AvgIpc) is 3.04. The van der Waals surface area contributed by atoms with E-state index in [0.717, 1.165) is 26.7 Å². The lowest BCUT2D eigenvalue weighted by Gasteiger charge is -2.23. The van der Waals surface area contributed by atoms with E-state index >= 15 is 0 Å². The summed E-state index contributed by atoms with van der Waals surface area (Å²) in [4.78, 5) is 23.6. The topological polar surface area (TPSA) is 51.2 Å². The Balaban J connectivity index is 1.62. The highest BCUT2D eigenvalue weighted by molar-refractivity contribution is 7.15. The number of carbonyl (C=O) groups excluding carboxylic acids is 1. The van der Waals surface area contributed by atoms with E-state index in [0.29, 0.717) is 6.61 Å². The van der Waals surface area contributed by atoms with E-state index in [2.05, 4.69) is 10.5 Å². The van der Waals surface area contributed by atoms with Crippen LogP contribution in [0.25, 0.3) is 10.6 Å². The number of nitrogens with one attached hydrogen (secondary N) is 1. The van der Waals surface area contributed by atoms with Crippen molar-refractivity contribution in [3.05, 3.63) is 76.8 Å². The fourth-order valence-electron chi connectivity index (χ4n) is 2.55. The van der Waals surface area contributed by atoms with Crippen molar-refractivity contribution in [1.29, 1.82) is 0 Å². The van der Waals surface area contributed by atoms with E-state index in [9.17, 15) is 4.79 Å². The largest absolute Gasteiger partial charge is 0.272 e. The molecule has 0 radical (unpaired) electrons. The van der Waals surface area contributed by atoms with Gasteiger partial charge < -0.3 is 0 Å². The highest BCUT2D eigenvalue weighted by Crippen LogP contribution is 2.28. The Hall–Kier alpha value is -2.50. The van der Waals surface area contributed by atoms with E-state index in [4.69, 9.17) is 4.84 Å². The van der Waals surface area contributed by atoms with Gasteiger partial charge in [-0.3, -0.25) is 9.63 Å². The summed E-state index contributed by atoms with van der Waals surface area (Å²) in [5.41, 5.74) is 4.87. The number of carbonyl (C=O) groups is 1. The first-order valence-electron chi connectivity index (χ1n) is 8.48. The lowest BCUT2D eigenvalue weighted by molar-refractivity contribution is -0.139. The average molecular weight is 366 g/mol. The summed E-state index contributed by atoms with van der Waals surface area (Å²) in [6.07, 6.45) is 0. The molecule has 0 saturated heterocycles. The van der Waals surface area contributed by atoms with Crippen LogP contribution in [0.15, 0.2) is 60.7 Å². The van der Waals surface area contributed by atoms with Crippen LogP contribution in [0.4, 0.5) is 0 Å². The van der Waals surface area contributed by atoms with Gasteiger partial charge in [-0.25, -0.2) is 10.5 Å². The smallest absolute Gasteiger partial charge is 0.253 e. The van der Waals surface area contributed by atoms with E-state index in [-0.39, 0.29) is 5.91 Å². The minimum atomic E-state index is -0.667. The van der Waals surface area contributed by atoms with Crippen molar-refractivity contribution in [3.63, 3.8) is 0 Å². The van der Waals surface area contributed by atoms with E-state index in [1.54, 1.807) is 11.3 Å². The first-order valence-corrected chi connectivity index (χ1v) is 9.29. The Kier molecular flexibility index (Phi) is 5.49. The molecule has 0 unspecified atom stereocenters. The molecule has 0 bridgehead atoms. The van der Waals surface area contributed by atoms with Gasteiger partial charge in [-0.15, -0.1) is 11.3 Å². The molecule has 0 atom stereocenters. The minimum absolute atomic E-state index is 0.172. The molecule has 0 aliphatic rings. The zero-order valence-electron chi connectivity index (χ0n) is 15.2. The van der Waals surface area contributed by atoms with Crippen molar-refractivity contribution < 1.29 is 9.63 Å². The van der Waals surface area contributed by atoms with Crippen LogP contribution in [0.1, 0.15) is 30.0 Å². The number of hydrogen-bond acceptors (Lipinski definition) is 4. The lowest BCUT2D eigenvalue weighted by atomic mass is 9.84. The molecule has 3 aromatic rings. The number of amides is 1. The van der Waals surface area contributed by atoms with Crippen molar-refractivity contribution in [2.45, 2.75) is 32.8 Å². The van der Waals surface area contributed by atoms with Crippen molar-refractivity contribution in [2.24, 2.45) is 0 Å². The molecule has 2 aromatic carbocycles. The van der Waals surface area contributed by atoms with Gasteiger partial charge in [-0.1, -0.05) is 60.7 Å². The van der Waals surface area contributed by atoms with Crippen LogP contribution in [0.2, 0.25) is 0 Å². The van der Waals surface area contributed by atoms with Crippen LogP contribution in [0.3, 0.4) is 0 Å². The number of nitrogens with zero attached hydrogens (tertiary/aromatic N) is 1. The highest BCUT2D eigenvalue weighted by Gasteiger charge is 2.29. The quantitative estimate of drug-likeness (QED) is 0.646. The molecule has 3 rings (SSSR count). The Morgan fingerprint density at radius 1 is 1.08 bits per heavy atom. The van der Waals surface area contributed by atoms with Crippen molar-refractivity contribution >= 4 is 17.2 Å². The Labute approximate surface area is 157 Å². The summed E-state index contributed by atoms with van der Waals surface area (Å²) in [7, 11) is 0. The second-order valence-corrected chi connectivity index (χ2v) is 7.69. The predicted octanol–water partition coefficient (Wildman–Crippen LogP) is 4.64.